The highest BCUT2D eigenvalue weighted by molar-refractivity contribution is 7.86. The largest absolute Gasteiger partial charge is 0.332 e. The Kier molecular flexibility index (Phi) is 2.28. The number of nitrogens with zero attached hydrogens (tertiary/aromatic N) is 1. The third kappa shape index (κ3) is 2.22. The molecule has 0 aliphatic carbocycles. The number of non-ortho nitro benzene ring substituents is 1. The lowest BCUT2D eigenvalue weighted by Gasteiger charge is -1.93. The second kappa shape index (κ2) is 3.09. The summed E-state index contributed by atoms with van der Waals surface area (Å²) in [7, 11) is -4.92. The molecule has 0 saturated carbocycles. The van der Waals surface area contributed by atoms with Crippen molar-refractivity contribution in [1.82, 2.24) is 0 Å². The zero-order valence-electron chi connectivity index (χ0n) is 6.10. The molecule has 0 heterocycles. The van der Waals surface area contributed by atoms with E-state index in [1.807, 2.05) is 6.07 Å². The van der Waals surface area contributed by atoms with E-state index in [1.54, 1.807) is 0 Å². The van der Waals surface area contributed by atoms with E-state index in [4.69, 9.17) is 0 Å². The Morgan fingerprint density at radius 1 is 1.54 bits per heavy atom. The highest BCUT2D eigenvalue weighted by atomic mass is 32.3. The van der Waals surface area contributed by atoms with Gasteiger partial charge in [-0.15, -0.1) is 3.89 Å². The molecule has 0 atom stereocenters. The van der Waals surface area contributed by atoms with E-state index in [1.165, 1.54) is 0 Å². The van der Waals surface area contributed by atoms with Crippen molar-refractivity contribution in [1.29, 1.82) is 0 Å². The van der Waals surface area contributed by atoms with Crippen LogP contribution in [0.15, 0.2) is 23.1 Å². The minimum absolute atomic E-state index is 0.491. The van der Waals surface area contributed by atoms with Crippen LogP contribution < -0.4 is 0 Å². The summed E-state index contributed by atoms with van der Waals surface area (Å²) in [6, 6.07) is 4.64. The Morgan fingerprint density at radius 3 is 2.62 bits per heavy atom. The summed E-state index contributed by atoms with van der Waals surface area (Å²) < 4.78 is 32.9. The molecule has 1 radical (unpaired) electrons. The first-order chi connectivity index (χ1) is 5.91. The minimum atomic E-state index is -4.92. The second-order valence-corrected chi connectivity index (χ2v) is 3.42. The molecule has 1 aromatic carbocycles. The highest BCUT2D eigenvalue weighted by Gasteiger charge is 2.15. The van der Waals surface area contributed by atoms with E-state index in [9.17, 15) is 22.4 Å². The standard InChI is InChI=1S/C6H3FNO4S/c7-13(11,12)6-3-1-2-5(4-6)8(9)10/h1-2,4H. The normalized spacial score (nSPS) is 11.2. The third-order valence-corrected chi connectivity index (χ3v) is 1.99. The average Bonchev–Trinajstić information content (AvgIpc) is 2.03. The second-order valence-electron chi connectivity index (χ2n) is 2.11. The Morgan fingerprint density at radius 2 is 2.15 bits per heavy atom. The van der Waals surface area contributed by atoms with Crippen molar-refractivity contribution in [3.05, 3.63) is 34.4 Å². The molecule has 0 saturated heterocycles. The predicted octanol–water partition coefficient (Wildman–Crippen LogP) is 1.05. The maximum Gasteiger partial charge on any atom is 0.332 e. The quantitative estimate of drug-likeness (QED) is 0.410. The van der Waals surface area contributed by atoms with Crippen molar-refractivity contribution in [3.8, 4) is 0 Å². The molecular weight excluding hydrogens is 201 g/mol. The number of nitro groups is 1. The lowest BCUT2D eigenvalue weighted by molar-refractivity contribution is -0.385. The van der Waals surface area contributed by atoms with E-state index < -0.39 is 25.7 Å². The van der Waals surface area contributed by atoms with Crippen LogP contribution in [0.2, 0.25) is 0 Å². The first-order valence-electron chi connectivity index (χ1n) is 3.02. The van der Waals surface area contributed by atoms with Gasteiger partial charge >= 0.3 is 10.2 Å². The van der Waals surface area contributed by atoms with Gasteiger partial charge in [0, 0.05) is 18.2 Å². The molecule has 0 aromatic heterocycles. The minimum Gasteiger partial charge on any atom is -0.258 e. The van der Waals surface area contributed by atoms with E-state index in [0.29, 0.717) is 6.07 Å². The van der Waals surface area contributed by atoms with Crippen LogP contribution in [0.3, 0.4) is 0 Å². The smallest absolute Gasteiger partial charge is 0.258 e. The first-order valence-corrected chi connectivity index (χ1v) is 4.40. The lowest BCUT2D eigenvalue weighted by Crippen LogP contribution is -1.94. The summed E-state index contributed by atoms with van der Waals surface area (Å²) in [6.45, 7) is 0. The van der Waals surface area contributed by atoms with Gasteiger partial charge < -0.3 is 0 Å². The molecule has 0 fully saturated rings. The van der Waals surface area contributed by atoms with Gasteiger partial charge in [0.05, 0.1) is 4.92 Å². The van der Waals surface area contributed by atoms with Gasteiger partial charge in [0.1, 0.15) is 4.90 Å². The van der Waals surface area contributed by atoms with Crippen LogP contribution in [0.1, 0.15) is 0 Å². The SMILES string of the molecule is O=[N+]([O-])c1cc[c]c(S(=O)(=O)F)c1. The molecule has 69 valence electrons. The Labute approximate surface area is 73.2 Å². The number of benzene rings is 1. The van der Waals surface area contributed by atoms with Gasteiger partial charge in [-0.3, -0.25) is 10.1 Å². The molecule has 0 N–H and O–H groups in total. The highest BCUT2D eigenvalue weighted by Crippen LogP contribution is 2.17. The van der Waals surface area contributed by atoms with Crippen molar-refractivity contribution < 1.29 is 17.2 Å². The molecule has 0 unspecified atom stereocenters. The summed E-state index contributed by atoms with van der Waals surface area (Å²) in [5.74, 6) is 0. The lowest BCUT2D eigenvalue weighted by atomic mass is 10.3. The summed E-state index contributed by atoms with van der Waals surface area (Å²) in [6.07, 6.45) is 0. The molecule has 0 bridgehead atoms. The zero-order valence-corrected chi connectivity index (χ0v) is 6.91. The first kappa shape index (κ1) is 9.59. The number of nitro benzene ring substituents is 1. The Balaban J connectivity index is 3.29. The third-order valence-electron chi connectivity index (χ3n) is 1.23. The Bertz CT molecular complexity index is 442. The van der Waals surface area contributed by atoms with Crippen LogP contribution in [-0.4, -0.2) is 13.3 Å². The van der Waals surface area contributed by atoms with E-state index >= 15 is 0 Å². The van der Waals surface area contributed by atoms with Crippen LogP contribution in [0, 0.1) is 16.2 Å². The molecule has 13 heavy (non-hydrogen) atoms. The van der Waals surface area contributed by atoms with Crippen molar-refractivity contribution in [2.45, 2.75) is 4.90 Å². The van der Waals surface area contributed by atoms with Crippen LogP contribution in [0.4, 0.5) is 9.57 Å². The van der Waals surface area contributed by atoms with Crippen molar-refractivity contribution in [2.24, 2.45) is 0 Å². The number of hydrogen-bond donors (Lipinski definition) is 0. The topological polar surface area (TPSA) is 77.3 Å². The van der Waals surface area contributed by atoms with E-state index in [0.717, 1.165) is 12.1 Å². The molecule has 0 amide bonds. The van der Waals surface area contributed by atoms with Gasteiger partial charge in [-0.2, -0.15) is 8.42 Å². The van der Waals surface area contributed by atoms with Crippen molar-refractivity contribution in [3.63, 3.8) is 0 Å². The maximum atomic E-state index is 12.3. The monoisotopic (exact) mass is 204 g/mol. The molecular formula is C6H3FNO4S. The van der Waals surface area contributed by atoms with Gasteiger partial charge in [-0.25, -0.2) is 0 Å². The van der Waals surface area contributed by atoms with E-state index in [2.05, 4.69) is 0 Å². The van der Waals surface area contributed by atoms with Crippen LogP contribution in [0.25, 0.3) is 0 Å². The summed E-state index contributed by atoms with van der Waals surface area (Å²) in [5.41, 5.74) is -0.491. The molecule has 0 spiro atoms. The van der Waals surface area contributed by atoms with Crippen molar-refractivity contribution in [2.75, 3.05) is 0 Å². The number of halogens is 1. The van der Waals surface area contributed by atoms with Crippen LogP contribution in [0.5, 0.6) is 0 Å². The summed E-state index contributed by atoms with van der Waals surface area (Å²) >= 11 is 0. The Hall–Kier alpha value is -1.50. The van der Waals surface area contributed by atoms with Crippen molar-refractivity contribution >= 4 is 15.9 Å². The molecule has 7 heteroatoms. The molecule has 1 rings (SSSR count). The van der Waals surface area contributed by atoms with Gasteiger partial charge in [-0.1, -0.05) is 0 Å². The molecule has 5 nitrogen and oxygen atoms in total. The molecule has 0 aliphatic rings. The number of hydrogen-bond acceptors (Lipinski definition) is 4. The molecule has 1 aromatic rings. The number of rotatable bonds is 2. The van der Waals surface area contributed by atoms with Gasteiger partial charge in [-0.05, 0) is 6.07 Å². The molecule has 0 aliphatic heterocycles. The summed E-state index contributed by atoms with van der Waals surface area (Å²) in [4.78, 5) is 8.51. The zero-order chi connectivity index (χ0) is 10.1. The fourth-order valence-electron chi connectivity index (χ4n) is 0.688. The van der Waals surface area contributed by atoms with Gasteiger partial charge in [0.25, 0.3) is 5.69 Å². The summed E-state index contributed by atoms with van der Waals surface area (Å²) in [5, 5.41) is 10.2. The fourth-order valence-corrected chi connectivity index (χ4v) is 1.16. The predicted molar refractivity (Wildman–Crippen MR) is 40.2 cm³/mol. The van der Waals surface area contributed by atoms with Crippen LogP contribution in [-0.2, 0) is 10.2 Å². The average molecular weight is 204 g/mol. The van der Waals surface area contributed by atoms with Gasteiger partial charge in [0.2, 0.25) is 0 Å². The van der Waals surface area contributed by atoms with E-state index in [-0.39, 0.29) is 0 Å². The van der Waals surface area contributed by atoms with Gasteiger partial charge in [0.15, 0.2) is 0 Å². The fraction of sp³-hybridized carbons (Fsp3) is 0. The van der Waals surface area contributed by atoms with Crippen LogP contribution >= 0.6 is 0 Å². The maximum absolute atomic E-state index is 12.3.